The van der Waals surface area contributed by atoms with E-state index < -0.39 is 0 Å². The molecule has 0 fully saturated rings. The van der Waals surface area contributed by atoms with Gasteiger partial charge >= 0.3 is 0 Å². The van der Waals surface area contributed by atoms with E-state index in [0.717, 1.165) is 30.6 Å². The maximum Gasteiger partial charge on any atom is 0.0314 e. The lowest BCUT2D eigenvalue weighted by molar-refractivity contribution is 0.856. The average molecular weight is 204 g/mol. The standard InChI is InChI=1S/C8H9N.C5H11N/c1-2-7-3-5-8(9)6-4-7;1-2-3-4-5-6/h2-6H,1,9H2;2H,1,3-6H2. The summed E-state index contributed by atoms with van der Waals surface area (Å²) in [5.41, 5.74) is 12.5. The highest BCUT2D eigenvalue weighted by atomic mass is 14.5. The third kappa shape index (κ3) is 7.52. The molecule has 0 saturated carbocycles. The van der Waals surface area contributed by atoms with Crippen LogP contribution in [0.15, 0.2) is 43.5 Å². The van der Waals surface area contributed by atoms with Crippen LogP contribution in [0.1, 0.15) is 18.4 Å². The van der Waals surface area contributed by atoms with Gasteiger partial charge in [-0.3, -0.25) is 0 Å². The topological polar surface area (TPSA) is 52.0 Å². The van der Waals surface area contributed by atoms with Gasteiger partial charge in [-0.15, -0.1) is 6.58 Å². The van der Waals surface area contributed by atoms with Gasteiger partial charge in [-0.2, -0.15) is 0 Å². The zero-order chi connectivity index (χ0) is 11.5. The van der Waals surface area contributed by atoms with Crippen LogP contribution in [-0.4, -0.2) is 6.54 Å². The minimum absolute atomic E-state index is 0.784. The lowest BCUT2D eigenvalue weighted by Crippen LogP contribution is -1.96. The second-order valence-corrected chi connectivity index (χ2v) is 3.09. The van der Waals surface area contributed by atoms with E-state index in [4.69, 9.17) is 11.5 Å². The summed E-state index contributed by atoms with van der Waals surface area (Å²) >= 11 is 0. The molecular formula is C13H20N2. The van der Waals surface area contributed by atoms with Crippen LogP contribution in [0.2, 0.25) is 0 Å². The van der Waals surface area contributed by atoms with Crippen molar-refractivity contribution in [3.05, 3.63) is 49.1 Å². The third-order valence-corrected chi connectivity index (χ3v) is 1.78. The van der Waals surface area contributed by atoms with Crippen LogP contribution >= 0.6 is 0 Å². The average Bonchev–Trinajstić information content (AvgIpc) is 2.28. The van der Waals surface area contributed by atoms with E-state index in [1.165, 1.54) is 0 Å². The monoisotopic (exact) mass is 204 g/mol. The van der Waals surface area contributed by atoms with Crippen molar-refractivity contribution in [2.75, 3.05) is 12.3 Å². The van der Waals surface area contributed by atoms with Gasteiger partial charge in [0.05, 0.1) is 0 Å². The van der Waals surface area contributed by atoms with Gasteiger partial charge in [0.2, 0.25) is 0 Å². The van der Waals surface area contributed by atoms with E-state index in [2.05, 4.69) is 13.2 Å². The number of unbranched alkanes of at least 4 members (excludes halogenated alkanes) is 1. The second-order valence-electron chi connectivity index (χ2n) is 3.09. The van der Waals surface area contributed by atoms with Gasteiger partial charge in [0.25, 0.3) is 0 Å². The number of hydrogen-bond acceptors (Lipinski definition) is 2. The largest absolute Gasteiger partial charge is 0.399 e. The van der Waals surface area contributed by atoms with Crippen molar-refractivity contribution in [3.63, 3.8) is 0 Å². The van der Waals surface area contributed by atoms with E-state index >= 15 is 0 Å². The molecule has 0 aliphatic rings. The first-order valence-electron chi connectivity index (χ1n) is 5.03. The van der Waals surface area contributed by atoms with Crippen LogP contribution in [0.3, 0.4) is 0 Å². The predicted molar refractivity (Wildman–Crippen MR) is 69.4 cm³/mol. The van der Waals surface area contributed by atoms with E-state index in [9.17, 15) is 0 Å². The Morgan fingerprint density at radius 1 is 1.13 bits per heavy atom. The fourth-order valence-corrected chi connectivity index (χ4v) is 0.894. The Kier molecular flexibility index (Phi) is 8.10. The zero-order valence-electron chi connectivity index (χ0n) is 9.15. The van der Waals surface area contributed by atoms with Crippen molar-refractivity contribution >= 4 is 11.8 Å². The van der Waals surface area contributed by atoms with Crippen LogP contribution in [0.5, 0.6) is 0 Å². The summed E-state index contributed by atoms with van der Waals surface area (Å²) in [6.07, 6.45) is 5.80. The Morgan fingerprint density at radius 3 is 2.07 bits per heavy atom. The summed E-state index contributed by atoms with van der Waals surface area (Å²) in [7, 11) is 0. The Morgan fingerprint density at radius 2 is 1.73 bits per heavy atom. The summed E-state index contributed by atoms with van der Waals surface area (Å²) in [6.45, 7) is 7.95. The summed E-state index contributed by atoms with van der Waals surface area (Å²) < 4.78 is 0. The number of anilines is 1. The van der Waals surface area contributed by atoms with Crippen LogP contribution in [0.4, 0.5) is 5.69 Å². The molecule has 1 rings (SSSR count). The summed E-state index contributed by atoms with van der Waals surface area (Å²) in [6, 6.07) is 7.58. The maximum atomic E-state index is 5.45. The van der Waals surface area contributed by atoms with E-state index in [-0.39, 0.29) is 0 Å². The van der Waals surface area contributed by atoms with Gasteiger partial charge in [0.15, 0.2) is 0 Å². The number of benzene rings is 1. The van der Waals surface area contributed by atoms with Crippen molar-refractivity contribution in [2.45, 2.75) is 12.8 Å². The Hall–Kier alpha value is -1.54. The van der Waals surface area contributed by atoms with Crippen molar-refractivity contribution in [3.8, 4) is 0 Å². The molecule has 15 heavy (non-hydrogen) atoms. The Bertz CT molecular complexity index is 275. The minimum Gasteiger partial charge on any atom is -0.399 e. The maximum absolute atomic E-state index is 5.45. The molecule has 0 saturated heterocycles. The Balaban J connectivity index is 0.000000288. The van der Waals surface area contributed by atoms with Gasteiger partial charge in [0, 0.05) is 5.69 Å². The molecule has 1 aromatic rings. The molecule has 1 aromatic carbocycles. The number of nitrogen functional groups attached to an aromatic ring is 1. The molecule has 0 aliphatic carbocycles. The molecule has 4 N–H and O–H groups in total. The molecule has 2 nitrogen and oxygen atoms in total. The Labute approximate surface area is 92.3 Å². The molecule has 0 aliphatic heterocycles. The van der Waals surface area contributed by atoms with Crippen molar-refractivity contribution in [2.24, 2.45) is 5.73 Å². The molecule has 0 amide bonds. The summed E-state index contributed by atoms with van der Waals surface area (Å²) in [5, 5.41) is 0. The highest BCUT2D eigenvalue weighted by Gasteiger charge is 1.82. The molecule has 2 heteroatoms. The summed E-state index contributed by atoms with van der Waals surface area (Å²) in [4.78, 5) is 0. The predicted octanol–water partition coefficient (Wildman–Crippen LogP) is 2.82. The third-order valence-electron chi connectivity index (χ3n) is 1.78. The van der Waals surface area contributed by atoms with Crippen molar-refractivity contribution < 1.29 is 0 Å². The number of allylic oxidation sites excluding steroid dienone is 1. The molecule has 0 atom stereocenters. The van der Waals surface area contributed by atoms with Crippen LogP contribution < -0.4 is 11.5 Å². The number of nitrogens with two attached hydrogens (primary N) is 2. The summed E-state index contributed by atoms with van der Waals surface area (Å²) in [5.74, 6) is 0. The fraction of sp³-hybridized carbons (Fsp3) is 0.231. The minimum atomic E-state index is 0.784. The normalized spacial score (nSPS) is 8.60. The van der Waals surface area contributed by atoms with Crippen LogP contribution in [0, 0.1) is 0 Å². The zero-order valence-corrected chi connectivity index (χ0v) is 9.15. The SMILES string of the molecule is C=CCCCN.C=Cc1ccc(N)cc1. The first-order valence-corrected chi connectivity index (χ1v) is 5.03. The van der Waals surface area contributed by atoms with Gasteiger partial charge < -0.3 is 11.5 Å². The molecule has 0 spiro atoms. The highest BCUT2D eigenvalue weighted by molar-refractivity contribution is 5.51. The van der Waals surface area contributed by atoms with Gasteiger partial charge in [-0.25, -0.2) is 0 Å². The molecule has 0 aromatic heterocycles. The van der Waals surface area contributed by atoms with Gasteiger partial charge in [0.1, 0.15) is 0 Å². The number of rotatable bonds is 4. The van der Waals surface area contributed by atoms with Gasteiger partial charge in [-0.05, 0) is 37.1 Å². The first kappa shape index (κ1) is 13.5. The first-order chi connectivity index (χ1) is 7.24. The van der Waals surface area contributed by atoms with Gasteiger partial charge in [-0.1, -0.05) is 30.9 Å². The van der Waals surface area contributed by atoms with E-state index in [1.807, 2.05) is 30.3 Å². The lowest BCUT2D eigenvalue weighted by Gasteiger charge is -1.91. The van der Waals surface area contributed by atoms with E-state index in [0.29, 0.717) is 0 Å². The molecule has 0 radical (unpaired) electrons. The smallest absolute Gasteiger partial charge is 0.0314 e. The van der Waals surface area contributed by atoms with E-state index in [1.54, 1.807) is 6.08 Å². The quantitative estimate of drug-likeness (QED) is 0.450. The second kappa shape index (κ2) is 9.03. The lowest BCUT2D eigenvalue weighted by atomic mass is 10.2. The molecule has 0 heterocycles. The number of hydrogen-bond donors (Lipinski definition) is 2. The molecule has 0 bridgehead atoms. The molecular weight excluding hydrogens is 184 g/mol. The molecule has 82 valence electrons. The fourth-order valence-electron chi connectivity index (χ4n) is 0.894. The van der Waals surface area contributed by atoms with Crippen molar-refractivity contribution in [1.29, 1.82) is 0 Å². The van der Waals surface area contributed by atoms with Crippen LogP contribution in [0.25, 0.3) is 6.08 Å². The van der Waals surface area contributed by atoms with Crippen LogP contribution in [-0.2, 0) is 0 Å². The highest BCUT2D eigenvalue weighted by Crippen LogP contribution is 2.05. The molecule has 0 unspecified atom stereocenters. The van der Waals surface area contributed by atoms with Crippen molar-refractivity contribution in [1.82, 2.24) is 0 Å².